The van der Waals surface area contributed by atoms with Crippen molar-refractivity contribution in [2.75, 3.05) is 13.3 Å². The van der Waals surface area contributed by atoms with E-state index in [1.807, 2.05) is 23.6 Å². The predicted molar refractivity (Wildman–Crippen MR) is 91.9 cm³/mol. The van der Waals surface area contributed by atoms with Gasteiger partial charge in [0.15, 0.2) is 11.5 Å². The summed E-state index contributed by atoms with van der Waals surface area (Å²) in [6.45, 7) is 3.49. The summed E-state index contributed by atoms with van der Waals surface area (Å²) in [5.74, 6) is 0.107. The van der Waals surface area contributed by atoms with E-state index in [1.54, 1.807) is 13.8 Å². The fourth-order valence-electron chi connectivity index (χ4n) is 2.51. The Bertz CT molecular complexity index is 802. The monoisotopic (exact) mass is 362 g/mol. The van der Waals surface area contributed by atoms with Crippen LogP contribution in [0.15, 0.2) is 23.6 Å². The first-order valence-electron chi connectivity index (χ1n) is 7.79. The molecule has 0 saturated carbocycles. The average molecular weight is 362 g/mol. The van der Waals surface area contributed by atoms with E-state index in [1.165, 1.54) is 16.2 Å². The SMILES string of the molecule is CC(C)N(CC(=O)O)C(=O)Cc1csc(-c2ccc3c(c2)OCO3)n1. The number of carboxylic acids is 1. The van der Waals surface area contributed by atoms with Crippen molar-refractivity contribution in [3.05, 3.63) is 29.3 Å². The first kappa shape index (κ1) is 17.2. The van der Waals surface area contributed by atoms with Gasteiger partial charge in [0.1, 0.15) is 11.6 Å². The first-order chi connectivity index (χ1) is 11.9. The maximum absolute atomic E-state index is 12.4. The number of nitrogens with zero attached hydrogens (tertiary/aromatic N) is 2. The molecule has 0 bridgehead atoms. The second-order valence-electron chi connectivity index (χ2n) is 5.90. The van der Waals surface area contributed by atoms with Gasteiger partial charge in [-0.05, 0) is 32.0 Å². The number of benzene rings is 1. The number of hydrogen-bond donors (Lipinski definition) is 1. The lowest BCUT2D eigenvalue weighted by molar-refractivity contribution is -0.145. The van der Waals surface area contributed by atoms with Gasteiger partial charge in [0, 0.05) is 17.0 Å². The van der Waals surface area contributed by atoms with Crippen LogP contribution >= 0.6 is 11.3 Å². The molecule has 0 unspecified atom stereocenters. The minimum absolute atomic E-state index is 0.0759. The Morgan fingerprint density at radius 2 is 2.08 bits per heavy atom. The molecule has 0 aliphatic carbocycles. The number of thiazole rings is 1. The molecule has 1 aromatic heterocycles. The number of carbonyl (C=O) groups is 2. The van der Waals surface area contributed by atoms with Crippen molar-refractivity contribution in [3.8, 4) is 22.1 Å². The Morgan fingerprint density at radius 1 is 1.32 bits per heavy atom. The Balaban J connectivity index is 1.73. The van der Waals surface area contributed by atoms with Crippen LogP contribution in [0.2, 0.25) is 0 Å². The fraction of sp³-hybridized carbons (Fsp3) is 0.353. The van der Waals surface area contributed by atoms with Gasteiger partial charge in [-0.15, -0.1) is 11.3 Å². The Kier molecular flexibility index (Phi) is 4.89. The van der Waals surface area contributed by atoms with Crippen LogP contribution in [0.1, 0.15) is 19.5 Å². The van der Waals surface area contributed by atoms with E-state index in [2.05, 4.69) is 4.98 Å². The van der Waals surface area contributed by atoms with Crippen LogP contribution in [-0.4, -0.2) is 46.2 Å². The van der Waals surface area contributed by atoms with Gasteiger partial charge in [-0.2, -0.15) is 0 Å². The highest BCUT2D eigenvalue weighted by atomic mass is 32.1. The van der Waals surface area contributed by atoms with Crippen LogP contribution in [0.5, 0.6) is 11.5 Å². The lowest BCUT2D eigenvalue weighted by atomic mass is 10.2. The smallest absolute Gasteiger partial charge is 0.323 e. The Labute approximate surface area is 148 Å². The molecule has 132 valence electrons. The molecule has 7 nitrogen and oxygen atoms in total. The molecule has 1 aromatic carbocycles. The number of rotatable bonds is 6. The number of carboxylic acid groups (broad SMARTS) is 1. The average Bonchev–Trinajstić information content (AvgIpc) is 3.20. The molecule has 2 heterocycles. The molecule has 0 spiro atoms. The van der Waals surface area contributed by atoms with Gasteiger partial charge >= 0.3 is 5.97 Å². The predicted octanol–water partition coefficient (Wildman–Crippen LogP) is 2.40. The number of hydrogen-bond acceptors (Lipinski definition) is 6. The molecule has 1 N–H and O–H groups in total. The zero-order chi connectivity index (χ0) is 18.0. The van der Waals surface area contributed by atoms with E-state index in [9.17, 15) is 9.59 Å². The van der Waals surface area contributed by atoms with E-state index in [0.29, 0.717) is 17.2 Å². The number of aromatic nitrogens is 1. The number of carbonyl (C=O) groups excluding carboxylic acids is 1. The molecular weight excluding hydrogens is 344 g/mol. The summed E-state index contributed by atoms with van der Waals surface area (Å²) in [5.41, 5.74) is 1.51. The molecule has 0 saturated heterocycles. The summed E-state index contributed by atoms with van der Waals surface area (Å²) in [5, 5.41) is 11.5. The van der Waals surface area contributed by atoms with E-state index in [0.717, 1.165) is 10.6 Å². The van der Waals surface area contributed by atoms with Gasteiger partial charge < -0.3 is 19.5 Å². The summed E-state index contributed by atoms with van der Waals surface area (Å²) in [4.78, 5) is 29.1. The van der Waals surface area contributed by atoms with Gasteiger partial charge in [-0.1, -0.05) is 0 Å². The van der Waals surface area contributed by atoms with Crippen LogP contribution in [0.4, 0.5) is 0 Å². The molecule has 0 radical (unpaired) electrons. The molecule has 3 rings (SSSR count). The second kappa shape index (κ2) is 7.10. The highest BCUT2D eigenvalue weighted by molar-refractivity contribution is 7.13. The molecule has 0 fully saturated rings. The summed E-state index contributed by atoms with van der Waals surface area (Å²) >= 11 is 1.43. The summed E-state index contributed by atoms with van der Waals surface area (Å²) < 4.78 is 10.7. The van der Waals surface area contributed by atoms with E-state index in [4.69, 9.17) is 14.6 Å². The maximum atomic E-state index is 12.4. The van der Waals surface area contributed by atoms with Crippen LogP contribution in [0.25, 0.3) is 10.6 Å². The van der Waals surface area contributed by atoms with Crippen molar-refractivity contribution in [2.45, 2.75) is 26.3 Å². The molecular formula is C17H18N2O5S. The van der Waals surface area contributed by atoms with Gasteiger partial charge in [0.05, 0.1) is 12.1 Å². The Hall–Kier alpha value is -2.61. The van der Waals surface area contributed by atoms with Crippen LogP contribution in [-0.2, 0) is 16.0 Å². The third kappa shape index (κ3) is 3.90. The number of aliphatic carboxylic acids is 1. The molecule has 1 aliphatic heterocycles. The van der Waals surface area contributed by atoms with E-state index >= 15 is 0 Å². The Morgan fingerprint density at radius 3 is 2.80 bits per heavy atom. The van der Waals surface area contributed by atoms with Crippen molar-refractivity contribution < 1.29 is 24.2 Å². The topological polar surface area (TPSA) is 89.0 Å². The maximum Gasteiger partial charge on any atom is 0.323 e. The van der Waals surface area contributed by atoms with Crippen molar-refractivity contribution in [2.24, 2.45) is 0 Å². The van der Waals surface area contributed by atoms with Crippen molar-refractivity contribution in [1.82, 2.24) is 9.88 Å². The van der Waals surface area contributed by atoms with Crippen molar-refractivity contribution in [1.29, 1.82) is 0 Å². The van der Waals surface area contributed by atoms with Gasteiger partial charge in [0.25, 0.3) is 0 Å². The third-order valence-corrected chi connectivity index (χ3v) is 4.69. The van der Waals surface area contributed by atoms with Gasteiger partial charge in [-0.25, -0.2) is 4.98 Å². The largest absolute Gasteiger partial charge is 0.480 e. The van der Waals surface area contributed by atoms with Crippen molar-refractivity contribution >= 4 is 23.2 Å². The third-order valence-electron chi connectivity index (χ3n) is 3.75. The van der Waals surface area contributed by atoms with Crippen LogP contribution in [0, 0.1) is 0 Å². The highest BCUT2D eigenvalue weighted by Crippen LogP contribution is 2.36. The number of fused-ring (bicyclic) bond motifs is 1. The van der Waals surface area contributed by atoms with Crippen LogP contribution in [0.3, 0.4) is 0 Å². The normalized spacial score (nSPS) is 12.4. The molecule has 8 heteroatoms. The zero-order valence-corrected chi connectivity index (χ0v) is 14.7. The molecule has 25 heavy (non-hydrogen) atoms. The standard InChI is InChI=1S/C17H18N2O5S/c1-10(2)19(7-16(21)22)15(20)6-12-8-25-17(18-12)11-3-4-13-14(5-11)24-9-23-13/h3-5,8,10H,6-7,9H2,1-2H3,(H,21,22). The minimum Gasteiger partial charge on any atom is -0.480 e. The second-order valence-corrected chi connectivity index (χ2v) is 6.76. The summed E-state index contributed by atoms with van der Waals surface area (Å²) in [6.07, 6.45) is 0.0759. The number of amides is 1. The molecule has 1 amide bonds. The summed E-state index contributed by atoms with van der Waals surface area (Å²) in [7, 11) is 0. The zero-order valence-electron chi connectivity index (χ0n) is 13.9. The lowest BCUT2D eigenvalue weighted by Crippen LogP contribution is -2.41. The lowest BCUT2D eigenvalue weighted by Gasteiger charge is -2.24. The fourth-order valence-corrected chi connectivity index (χ4v) is 3.33. The van der Waals surface area contributed by atoms with Gasteiger partial charge in [0.2, 0.25) is 12.7 Å². The van der Waals surface area contributed by atoms with Crippen LogP contribution < -0.4 is 9.47 Å². The van der Waals surface area contributed by atoms with E-state index in [-0.39, 0.29) is 31.7 Å². The van der Waals surface area contributed by atoms with Gasteiger partial charge in [-0.3, -0.25) is 9.59 Å². The molecule has 2 aromatic rings. The minimum atomic E-state index is -1.03. The number of ether oxygens (including phenoxy) is 2. The molecule has 1 aliphatic rings. The first-order valence-corrected chi connectivity index (χ1v) is 8.67. The molecule has 0 atom stereocenters. The van der Waals surface area contributed by atoms with Crippen molar-refractivity contribution in [3.63, 3.8) is 0 Å². The summed E-state index contributed by atoms with van der Waals surface area (Å²) in [6, 6.07) is 5.40. The highest BCUT2D eigenvalue weighted by Gasteiger charge is 2.21. The quantitative estimate of drug-likeness (QED) is 0.849. The van der Waals surface area contributed by atoms with E-state index < -0.39 is 5.97 Å².